The summed E-state index contributed by atoms with van der Waals surface area (Å²) in [5.41, 5.74) is 8.61. The third-order valence-corrected chi connectivity index (χ3v) is 6.99. The Morgan fingerprint density at radius 1 is 0.667 bits per heavy atom. The number of hydrogen-bond acceptors (Lipinski definition) is 10. The van der Waals surface area contributed by atoms with Crippen LogP contribution in [0.2, 0.25) is 0 Å². The highest BCUT2D eigenvalue weighted by Gasteiger charge is 2.08. The van der Waals surface area contributed by atoms with E-state index in [1.807, 2.05) is 48.5 Å². The van der Waals surface area contributed by atoms with Crippen molar-refractivity contribution in [1.29, 1.82) is 0 Å². The fourth-order valence-electron chi connectivity index (χ4n) is 4.28. The summed E-state index contributed by atoms with van der Waals surface area (Å²) in [5, 5.41) is 21.8. The van der Waals surface area contributed by atoms with Crippen molar-refractivity contribution in [3.05, 3.63) is 137 Å². The first-order valence-electron chi connectivity index (χ1n) is 15.1. The molecule has 4 rings (SSSR count). The first kappa shape index (κ1) is 35.0. The molecule has 0 radical (unpaired) electrons. The SMILES string of the molecule is C=C(N/N=C/c1ccc(OCCCCOc2ccc(C=NCC(=O)c3ccc(C(=O)NO)cc3)cc2)cc1)c1ccc(C(=O)CO)cc1. The molecule has 0 unspecified atom stereocenters. The molecule has 0 aliphatic heterocycles. The van der Waals surface area contributed by atoms with Crippen LogP contribution in [-0.2, 0) is 0 Å². The number of nitrogens with zero attached hydrogens (tertiary/aromatic N) is 2. The average Bonchev–Trinajstić information content (AvgIpc) is 3.13. The van der Waals surface area contributed by atoms with Crippen molar-refractivity contribution < 1.29 is 34.2 Å². The zero-order valence-electron chi connectivity index (χ0n) is 26.2. The molecule has 246 valence electrons. The summed E-state index contributed by atoms with van der Waals surface area (Å²) in [4.78, 5) is 39.5. The van der Waals surface area contributed by atoms with Gasteiger partial charge in [-0.3, -0.25) is 30.0 Å². The maximum atomic E-state index is 12.3. The van der Waals surface area contributed by atoms with Gasteiger partial charge in [-0.25, -0.2) is 5.48 Å². The normalized spacial score (nSPS) is 11.0. The van der Waals surface area contributed by atoms with Crippen LogP contribution in [0.1, 0.15) is 60.6 Å². The number of benzene rings is 4. The lowest BCUT2D eigenvalue weighted by molar-refractivity contribution is 0.0706. The Bertz CT molecular complexity index is 1600. The standard InChI is InChI=1S/C37H36N4O7/c1-26(29-8-10-31(11-9-29)36(44)25-42)40-39-23-28-6-18-34(19-7-28)48-21-3-2-20-47-33-16-4-27(5-17-33)22-38-24-35(43)30-12-14-32(15-13-30)37(45)41-46/h4-19,22-23,40,42,46H,1-3,20-21,24-25H2,(H,41,45)/b38-22?,39-23+. The van der Waals surface area contributed by atoms with Gasteiger partial charge in [0.25, 0.3) is 5.91 Å². The van der Waals surface area contributed by atoms with Crippen molar-refractivity contribution in [2.24, 2.45) is 10.1 Å². The summed E-state index contributed by atoms with van der Waals surface area (Å²) in [6.45, 7) is 4.49. The summed E-state index contributed by atoms with van der Waals surface area (Å²) in [6.07, 6.45) is 4.93. The monoisotopic (exact) mass is 648 g/mol. The summed E-state index contributed by atoms with van der Waals surface area (Å²) < 4.78 is 11.7. The number of aliphatic hydroxyl groups excluding tert-OH is 1. The lowest BCUT2D eigenvalue weighted by atomic mass is 10.1. The van der Waals surface area contributed by atoms with Crippen molar-refractivity contribution in [2.75, 3.05) is 26.4 Å². The van der Waals surface area contributed by atoms with E-state index in [9.17, 15) is 14.4 Å². The van der Waals surface area contributed by atoms with Crippen LogP contribution in [0.3, 0.4) is 0 Å². The van der Waals surface area contributed by atoms with Gasteiger partial charge >= 0.3 is 0 Å². The molecule has 1 amide bonds. The Morgan fingerprint density at radius 3 is 1.67 bits per heavy atom. The number of Topliss-reactive ketones (excluding diaryl/α,β-unsaturated/α-hetero) is 2. The molecule has 4 N–H and O–H groups in total. The molecule has 0 saturated heterocycles. The zero-order chi connectivity index (χ0) is 34.1. The number of amides is 1. The molecular formula is C37H36N4O7. The predicted molar refractivity (Wildman–Crippen MR) is 183 cm³/mol. The van der Waals surface area contributed by atoms with Crippen molar-refractivity contribution in [3.8, 4) is 11.5 Å². The van der Waals surface area contributed by atoms with Crippen molar-refractivity contribution in [2.45, 2.75) is 12.8 Å². The van der Waals surface area contributed by atoms with Gasteiger partial charge in [0.1, 0.15) is 24.7 Å². The van der Waals surface area contributed by atoms with Crippen molar-refractivity contribution in [1.82, 2.24) is 10.9 Å². The van der Waals surface area contributed by atoms with E-state index >= 15 is 0 Å². The van der Waals surface area contributed by atoms with E-state index in [1.165, 1.54) is 24.3 Å². The molecule has 48 heavy (non-hydrogen) atoms. The molecule has 11 nitrogen and oxygen atoms in total. The highest BCUT2D eigenvalue weighted by Crippen LogP contribution is 2.15. The van der Waals surface area contributed by atoms with Gasteiger partial charge in [0, 0.05) is 22.9 Å². The van der Waals surface area contributed by atoms with E-state index in [-0.39, 0.29) is 23.7 Å². The number of carbonyl (C=O) groups is 3. The number of nitrogens with one attached hydrogen (secondary N) is 2. The number of aliphatic hydroxyl groups is 1. The summed E-state index contributed by atoms with van der Waals surface area (Å²) in [6, 6.07) is 27.7. The minimum atomic E-state index is -0.643. The Morgan fingerprint density at radius 2 is 1.15 bits per heavy atom. The van der Waals surface area contributed by atoms with Gasteiger partial charge in [-0.1, -0.05) is 43.0 Å². The second kappa shape index (κ2) is 18.3. The molecule has 0 fully saturated rings. The van der Waals surface area contributed by atoms with Gasteiger partial charge in [-0.05, 0) is 90.2 Å². The van der Waals surface area contributed by atoms with E-state index in [1.54, 1.807) is 42.2 Å². The van der Waals surface area contributed by atoms with Crippen LogP contribution in [0, 0.1) is 0 Å². The minimum Gasteiger partial charge on any atom is -0.494 e. The maximum Gasteiger partial charge on any atom is 0.274 e. The molecule has 4 aromatic carbocycles. The van der Waals surface area contributed by atoms with Crippen LogP contribution < -0.4 is 20.4 Å². The largest absolute Gasteiger partial charge is 0.494 e. The average molecular weight is 649 g/mol. The molecule has 0 aliphatic carbocycles. The number of unbranched alkanes of at least 4 members (excludes halogenated alkanes) is 1. The number of hydrazone groups is 1. The molecule has 4 aromatic rings. The van der Waals surface area contributed by atoms with E-state index in [4.69, 9.17) is 19.8 Å². The molecule has 0 bridgehead atoms. The molecular weight excluding hydrogens is 612 g/mol. The fourth-order valence-corrected chi connectivity index (χ4v) is 4.28. The molecule has 0 saturated carbocycles. The van der Waals surface area contributed by atoms with Gasteiger partial charge in [0.2, 0.25) is 0 Å². The Labute approximate surface area is 278 Å². The predicted octanol–water partition coefficient (Wildman–Crippen LogP) is 5.11. The van der Waals surface area contributed by atoms with E-state index in [2.05, 4.69) is 22.1 Å². The summed E-state index contributed by atoms with van der Waals surface area (Å²) in [7, 11) is 0. The number of carbonyl (C=O) groups excluding carboxylic acids is 3. The van der Waals surface area contributed by atoms with Crippen LogP contribution in [0.4, 0.5) is 0 Å². The van der Waals surface area contributed by atoms with Crippen LogP contribution in [0.15, 0.2) is 114 Å². The van der Waals surface area contributed by atoms with Crippen LogP contribution in [0.25, 0.3) is 5.70 Å². The Balaban J connectivity index is 1.09. The third kappa shape index (κ3) is 10.9. The smallest absolute Gasteiger partial charge is 0.274 e. The first-order valence-corrected chi connectivity index (χ1v) is 15.1. The number of rotatable bonds is 18. The number of hydroxylamine groups is 1. The van der Waals surface area contributed by atoms with Gasteiger partial charge in [0.05, 0.1) is 25.1 Å². The first-order chi connectivity index (χ1) is 23.4. The van der Waals surface area contributed by atoms with Gasteiger partial charge in [-0.15, -0.1) is 0 Å². The highest BCUT2D eigenvalue weighted by molar-refractivity contribution is 6.00. The number of ketones is 2. The second-order valence-electron chi connectivity index (χ2n) is 10.5. The molecule has 0 aliphatic rings. The van der Waals surface area contributed by atoms with E-state index < -0.39 is 12.5 Å². The Kier molecular flexibility index (Phi) is 13.3. The highest BCUT2D eigenvalue weighted by atomic mass is 16.5. The molecule has 11 heteroatoms. The number of hydrogen-bond donors (Lipinski definition) is 4. The molecule has 0 aromatic heterocycles. The summed E-state index contributed by atoms with van der Waals surface area (Å²) in [5.74, 6) is 0.322. The van der Waals surface area contributed by atoms with Crippen LogP contribution in [-0.4, -0.2) is 66.6 Å². The van der Waals surface area contributed by atoms with Crippen molar-refractivity contribution >= 4 is 35.6 Å². The van der Waals surface area contributed by atoms with Crippen molar-refractivity contribution in [3.63, 3.8) is 0 Å². The molecule has 0 atom stereocenters. The topological polar surface area (TPSA) is 159 Å². The second-order valence-corrected chi connectivity index (χ2v) is 10.5. The molecule has 0 spiro atoms. The molecule has 0 heterocycles. The van der Waals surface area contributed by atoms with Gasteiger partial charge < -0.3 is 14.6 Å². The van der Waals surface area contributed by atoms with E-state index in [0.717, 1.165) is 41.0 Å². The van der Waals surface area contributed by atoms with Crippen LogP contribution in [0.5, 0.6) is 11.5 Å². The summed E-state index contributed by atoms with van der Waals surface area (Å²) >= 11 is 0. The quantitative estimate of drug-likeness (QED) is 0.0381. The lowest BCUT2D eigenvalue weighted by Gasteiger charge is -2.08. The Hall–Kier alpha value is -5.91. The third-order valence-electron chi connectivity index (χ3n) is 6.99. The van der Waals surface area contributed by atoms with Crippen LogP contribution >= 0.6 is 0 Å². The van der Waals surface area contributed by atoms with E-state index in [0.29, 0.717) is 30.0 Å². The van der Waals surface area contributed by atoms with Gasteiger partial charge in [0.15, 0.2) is 11.6 Å². The number of aliphatic imine (C=N–C) groups is 1. The lowest BCUT2D eigenvalue weighted by Crippen LogP contribution is -2.18. The van der Waals surface area contributed by atoms with Gasteiger partial charge in [-0.2, -0.15) is 5.10 Å². The fraction of sp³-hybridized carbons (Fsp3) is 0.162. The zero-order valence-corrected chi connectivity index (χ0v) is 26.2. The minimum absolute atomic E-state index is 0.0334. The maximum absolute atomic E-state index is 12.3. The number of ether oxygens (including phenoxy) is 2.